The third kappa shape index (κ3) is 3.39. The van der Waals surface area contributed by atoms with Crippen LogP contribution in [0, 0.1) is 17.0 Å². The number of carbonyl (C=O) groups is 2. The minimum absolute atomic E-state index is 0.0742. The van der Waals surface area contributed by atoms with Crippen LogP contribution in [0.3, 0.4) is 0 Å². The topological polar surface area (TPSA) is 119 Å². The number of nitrogens with zero attached hydrogens (tertiary/aromatic N) is 2. The number of benzene rings is 1. The van der Waals surface area contributed by atoms with Crippen molar-refractivity contribution in [2.24, 2.45) is 0 Å². The number of morpholine rings is 1. The lowest BCUT2D eigenvalue weighted by Gasteiger charge is -2.31. The van der Waals surface area contributed by atoms with Crippen LogP contribution in [0.2, 0.25) is 0 Å². The number of aliphatic carboxylic acids is 1. The first kappa shape index (κ1) is 16.7. The number of carbonyl (C=O) groups excluding carboxylic acids is 1. The predicted molar refractivity (Wildman–Crippen MR) is 77.7 cm³/mol. The summed E-state index contributed by atoms with van der Waals surface area (Å²) in [4.78, 5) is 35.3. The van der Waals surface area contributed by atoms with Crippen molar-refractivity contribution in [3.63, 3.8) is 0 Å². The summed E-state index contributed by atoms with van der Waals surface area (Å²) >= 11 is 0. The number of hydrogen-bond acceptors (Lipinski definition) is 6. The Balaban J connectivity index is 2.33. The molecule has 1 aliphatic rings. The molecule has 0 aromatic heterocycles. The molecule has 124 valence electrons. The average Bonchev–Trinajstić information content (AvgIpc) is 2.54. The molecule has 1 aromatic carbocycles. The number of carboxylic acids is 1. The first-order valence-electron chi connectivity index (χ1n) is 6.82. The highest BCUT2D eigenvalue weighted by molar-refractivity contribution is 5.96. The second kappa shape index (κ2) is 6.61. The molecule has 0 aliphatic carbocycles. The van der Waals surface area contributed by atoms with Crippen molar-refractivity contribution < 1.29 is 29.1 Å². The molecule has 1 aromatic rings. The number of hydrogen-bond donors (Lipinski definition) is 1. The lowest BCUT2D eigenvalue weighted by atomic mass is 10.1. The third-order valence-corrected chi connectivity index (χ3v) is 3.63. The van der Waals surface area contributed by atoms with Gasteiger partial charge in [0, 0.05) is 12.6 Å². The molecule has 1 fully saturated rings. The summed E-state index contributed by atoms with van der Waals surface area (Å²) in [6.45, 7) is 1.72. The van der Waals surface area contributed by atoms with E-state index in [9.17, 15) is 19.7 Å². The molecule has 2 rings (SSSR count). The first-order chi connectivity index (χ1) is 10.8. The zero-order chi connectivity index (χ0) is 17.1. The molecule has 9 nitrogen and oxygen atoms in total. The number of amides is 1. The van der Waals surface area contributed by atoms with Gasteiger partial charge in [0.1, 0.15) is 5.75 Å². The van der Waals surface area contributed by atoms with E-state index in [2.05, 4.69) is 0 Å². The summed E-state index contributed by atoms with van der Waals surface area (Å²) in [6, 6.07) is 2.58. The fourth-order valence-corrected chi connectivity index (χ4v) is 2.36. The third-order valence-electron chi connectivity index (χ3n) is 3.63. The molecular formula is C14H16N2O7. The van der Waals surface area contributed by atoms with Crippen molar-refractivity contribution >= 4 is 17.6 Å². The van der Waals surface area contributed by atoms with Gasteiger partial charge in [0.2, 0.25) is 0 Å². The predicted octanol–water partition coefficient (Wildman–Crippen LogP) is 0.837. The van der Waals surface area contributed by atoms with E-state index >= 15 is 0 Å². The monoisotopic (exact) mass is 324 g/mol. The molecule has 1 unspecified atom stereocenters. The Morgan fingerprint density at radius 2 is 2.17 bits per heavy atom. The van der Waals surface area contributed by atoms with Crippen LogP contribution in [0.25, 0.3) is 0 Å². The minimum Gasteiger partial charge on any atom is -0.496 e. The maximum absolute atomic E-state index is 12.5. The van der Waals surface area contributed by atoms with Gasteiger partial charge in [-0.05, 0) is 13.0 Å². The van der Waals surface area contributed by atoms with E-state index in [0.29, 0.717) is 5.56 Å². The van der Waals surface area contributed by atoms with Crippen LogP contribution in [0.5, 0.6) is 5.75 Å². The summed E-state index contributed by atoms with van der Waals surface area (Å²) in [5.41, 5.74) is 0.167. The highest BCUT2D eigenvalue weighted by Gasteiger charge is 2.30. The van der Waals surface area contributed by atoms with Gasteiger partial charge in [-0.2, -0.15) is 0 Å². The van der Waals surface area contributed by atoms with Crippen molar-refractivity contribution in [2.75, 3.05) is 26.8 Å². The number of methoxy groups -OCH3 is 1. The van der Waals surface area contributed by atoms with Crippen molar-refractivity contribution in [3.8, 4) is 5.75 Å². The van der Waals surface area contributed by atoms with E-state index < -0.39 is 22.9 Å². The lowest BCUT2D eigenvalue weighted by Crippen LogP contribution is -2.48. The zero-order valence-electron chi connectivity index (χ0n) is 12.6. The molecule has 0 spiro atoms. The van der Waals surface area contributed by atoms with E-state index in [-0.39, 0.29) is 36.7 Å². The molecule has 1 aliphatic heterocycles. The van der Waals surface area contributed by atoms with E-state index in [1.165, 1.54) is 31.1 Å². The number of ether oxygens (including phenoxy) is 2. The second-order valence-electron chi connectivity index (χ2n) is 5.03. The summed E-state index contributed by atoms with van der Waals surface area (Å²) in [5, 5.41) is 20.1. The van der Waals surface area contributed by atoms with Crippen molar-refractivity contribution in [3.05, 3.63) is 33.4 Å². The Morgan fingerprint density at radius 3 is 2.74 bits per heavy atom. The van der Waals surface area contributed by atoms with E-state index in [1.54, 1.807) is 0 Å². The van der Waals surface area contributed by atoms with E-state index in [0.717, 1.165) is 0 Å². The molecule has 1 amide bonds. The van der Waals surface area contributed by atoms with Crippen molar-refractivity contribution in [1.29, 1.82) is 0 Å². The molecule has 0 radical (unpaired) electrons. The van der Waals surface area contributed by atoms with Crippen LogP contribution in [0.15, 0.2) is 12.1 Å². The van der Waals surface area contributed by atoms with E-state index in [4.69, 9.17) is 14.6 Å². The van der Waals surface area contributed by atoms with Crippen LogP contribution in [0.4, 0.5) is 5.69 Å². The fraction of sp³-hybridized carbons (Fsp3) is 0.429. The van der Waals surface area contributed by atoms with Crippen LogP contribution in [-0.4, -0.2) is 59.7 Å². The second-order valence-corrected chi connectivity index (χ2v) is 5.03. The molecule has 0 saturated carbocycles. The smallest absolute Gasteiger partial charge is 0.334 e. The molecule has 1 saturated heterocycles. The van der Waals surface area contributed by atoms with Gasteiger partial charge in [-0.15, -0.1) is 0 Å². The number of nitro benzene ring substituents is 1. The van der Waals surface area contributed by atoms with Crippen LogP contribution < -0.4 is 4.74 Å². The lowest BCUT2D eigenvalue weighted by molar-refractivity contribution is -0.385. The SMILES string of the molecule is COc1cc(C(=O)N2CCOC(C(=O)O)C2)cc([N+](=O)[O-])c1C. The molecule has 23 heavy (non-hydrogen) atoms. The Morgan fingerprint density at radius 1 is 1.48 bits per heavy atom. The van der Waals surface area contributed by atoms with Gasteiger partial charge in [-0.25, -0.2) is 4.79 Å². The molecule has 1 N–H and O–H groups in total. The number of nitro groups is 1. The van der Waals surface area contributed by atoms with Gasteiger partial charge in [0.25, 0.3) is 11.6 Å². The van der Waals surface area contributed by atoms with E-state index in [1.807, 2.05) is 0 Å². The fourth-order valence-electron chi connectivity index (χ4n) is 2.36. The molecular weight excluding hydrogens is 308 g/mol. The highest BCUT2D eigenvalue weighted by atomic mass is 16.6. The van der Waals surface area contributed by atoms with Crippen LogP contribution in [-0.2, 0) is 9.53 Å². The molecule has 9 heteroatoms. The first-order valence-corrected chi connectivity index (χ1v) is 6.82. The quantitative estimate of drug-likeness (QED) is 0.643. The maximum atomic E-state index is 12.5. The van der Waals surface area contributed by atoms with Gasteiger partial charge in [0.05, 0.1) is 36.3 Å². The summed E-state index contributed by atoms with van der Waals surface area (Å²) in [5.74, 6) is -1.43. The van der Waals surface area contributed by atoms with Crippen LogP contribution in [0.1, 0.15) is 15.9 Å². The minimum atomic E-state index is -1.16. The Hall–Kier alpha value is -2.68. The van der Waals surface area contributed by atoms with Gasteiger partial charge in [-0.1, -0.05) is 0 Å². The summed E-state index contributed by atoms with van der Waals surface area (Å²) < 4.78 is 10.1. The standard InChI is InChI=1S/C14H16N2O7/c1-8-10(16(20)21)5-9(6-11(8)22-2)13(17)15-3-4-23-12(7-15)14(18)19/h5-6,12H,3-4,7H2,1-2H3,(H,18,19). The van der Waals surface area contributed by atoms with Crippen LogP contribution >= 0.6 is 0 Å². The van der Waals surface area contributed by atoms with Gasteiger partial charge in [-0.3, -0.25) is 14.9 Å². The number of rotatable bonds is 4. The molecule has 1 atom stereocenters. The normalized spacial score (nSPS) is 17.7. The Kier molecular flexibility index (Phi) is 4.80. The number of carboxylic acid groups (broad SMARTS) is 1. The summed E-state index contributed by atoms with van der Waals surface area (Å²) in [6.07, 6.45) is -1.10. The highest BCUT2D eigenvalue weighted by Crippen LogP contribution is 2.30. The van der Waals surface area contributed by atoms with Gasteiger partial charge >= 0.3 is 5.97 Å². The van der Waals surface area contributed by atoms with Gasteiger partial charge < -0.3 is 19.5 Å². The summed E-state index contributed by atoms with van der Waals surface area (Å²) in [7, 11) is 1.36. The Labute approximate surface area is 131 Å². The van der Waals surface area contributed by atoms with Gasteiger partial charge in [0.15, 0.2) is 6.10 Å². The maximum Gasteiger partial charge on any atom is 0.334 e. The largest absolute Gasteiger partial charge is 0.496 e. The van der Waals surface area contributed by atoms with Crippen molar-refractivity contribution in [1.82, 2.24) is 4.90 Å². The average molecular weight is 324 g/mol. The Bertz CT molecular complexity index is 659. The zero-order valence-corrected chi connectivity index (χ0v) is 12.6. The van der Waals surface area contributed by atoms with Crippen molar-refractivity contribution in [2.45, 2.75) is 13.0 Å². The molecule has 0 bridgehead atoms. The molecule has 1 heterocycles.